The molecule has 0 aliphatic rings. The fraction of sp³-hybridized carbons (Fsp3) is 0.429. The maximum absolute atomic E-state index is 11.9. The van der Waals surface area contributed by atoms with Crippen molar-refractivity contribution in [2.75, 3.05) is 26.4 Å². The summed E-state index contributed by atoms with van der Waals surface area (Å²) in [6.45, 7) is -1.95. The van der Waals surface area contributed by atoms with Crippen LogP contribution in [-0.4, -0.2) is 71.0 Å². The SMILES string of the molecule is O=C(OCC(O)CO)c1ccccc1C(=O)OCC(O)CO. The number of benzene rings is 1. The predicted octanol–water partition coefficient (Wildman–Crippen LogP) is -1.29. The molecule has 0 radical (unpaired) electrons. The smallest absolute Gasteiger partial charge is 0.339 e. The van der Waals surface area contributed by atoms with E-state index < -0.39 is 50.6 Å². The first-order valence-electron chi connectivity index (χ1n) is 6.50. The number of rotatable bonds is 8. The molecule has 2 unspecified atom stereocenters. The van der Waals surface area contributed by atoms with Gasteiger partial charge in [0.25, 0.3) is 0 Å². The van der Waals surface area contributed by atoms with Gasteiger partial charge < -0.3 is 29.9 Å². The molecule has 0 fully saturated rings. The van der Waals surface area contributed by atoms with Crippen LogP contribution < -0.4 is 0 Å². The zero-order valence-electron chi connectivity index (χ0n) is 11.7. The van der Waals surface area contributed by atoms with E-state index in [-0.39, 0.29) is 11.1 Å². The number of aliphatic hydroxyl groups is 4. The molecule has 0 aromatic heterocycles. The van der Waals surface area contributed by atoms with Crippen LogP contribution in [0.25, 0.3) is 0 Å². The van der Waals surface area contributed by atoms with Gasteiger partial charge in [-0.25, -0.2) is 9.59 Å². The van der Waals surface area contributed by atoms with E-state index >= 15 is 0 Å². The highest BCUT2D eigenvalue weighted by atomic mass is 16.5. The number of hydrogen-bond donors (Lipinski definition) is 4. The first-order valence-corrected chi connectivity index (χ1v) is 6.50. The molecule has 4 N–H and O–H groups in total. The molecule has 8 nitrogen and oxygen atoms in total. The number of carbonyl (C=O) groups is 2. The van der Waals surface area contributed by atoms with Crippen molar-refractivity contribution >= 4 is 11.9 Å². The summed E-state index contributed by atoms with van der Waals surface area (Å²) < 4.78 is 9.54. The van der Waals surface area contributed by atoms with Crippen LogP contribution in [0.5, 0.6) is 0 Å². The summed E-state index contributed by atoms with van der Waals surface area (Å²) in [6.07, 6.45) is -2.41. The highest BCUT2D eigenvalue weighted by Gasteiger charge is 2.20. The van der Waals surface area contributed by atoms with Crippen molar-refractivity contribution in [2.45, 2.75) is 12.2 Å². The molecule has 0 bridgehead atoms. The van der Waals surface area contributed by atoms with Gasteiger partial charge in [-0.3, -0.25) is 0 Å². The van der Waals surface area contributed by atoms with Gasteiger partial charge in [-0.15, -0.1) is 0 Å². The van der Waals surface area contributed by atoms with E-state index in [2.05, 4.69) is 0 Å². The minimum atomic E-state index is -1.21. The molecule has 0 saturated heterocycles. The van der Waals surface area contributed by atoms with Gasteiger partial charge in [-0.1, -0.05) is 12.1 Å². The Morgan fingerprint density at radius 3 is 1.55 bits per heavy atom. The lowest BCUT2D eigenvalue weighted by atomic mass is 10.1. The van der Waals surface area contributed by atoms with Gasteiger partial charge in [0, 0.05) is 0 Å². The summed E-state index contributed by atoms with van der Waals surface area (Å²) >= 11 is 0. The van der Waals surface area contributed by atoms with Crippen molar-refractivity contribution in [3.8, 4) is 0 Å². The van der Waals surface area contributed by atoms with Crippen LogP contribution >= 0.6 is 0 Å². The monoisotopic (exact) mass is 314 g/mol. The molecule has 0 amide bonds. The Morgan fingerprint density at radius 1 is 0.864 bits per heavy atom. The van der Waals surface area contributed by atoms with Crippen molar-refractivity contribution in [3.63, 3.8) is 0 Å². The molecule has 0 spiro atoms. The lowest BCUT2D eigenvalue weighted by Crippen LogP contribution is -2.24. The highest BCUT2D eigenvalue weighted by molar-refractivity contribution is 6.03. The van der Waals surface area contributed by atoms with E-state index in [0.29, 0.717) is 0 Å². The molecule has 2 atom stereocenters. The third kappa shape index (κ3) is 5.41. The van der Waals surface area contributed by atoms with Gasteiger partial charge in [0.2, 0.25) is 0 Å². The van der Waals surface area contributed by atoms with Gasteiger partial charge in [0.05, 0.1) is 24.3 Å². The second kappa shape index (κ2) is 9.11. The Morgan fingerprint density at radius 2 is 1.23 bits per heavy atom. The van der Waals surface area contributed by atoms with E-state index in [9.17, 15) is 9.59 Å². The van der Waals surface area contributed by atoms with Crippen LogP contribution in [0, 0.1) is 0 Å². The van der Waals surface area contributed by atoms with Crippen molar-refractivity contribution in [1.82, 2.24) is 0 Å². The fourth-order valence-corrected chi connectivity index (χ4v) is 1.44. The van der Waals surface area contributed by atoms with Gasteiger partial charge in [0.15, 0.2) is 0 Å². The van der Waals surface area contributed by atoms with Crippen LogP contribution in [-0.2, 0) is 9.47 Å². The molecule has 1 aromatic carbocycles. The van der Waals surface area contributed by atoms with E-state index in [1.807, 2.05) is 0 Å². The Balaban J connectivity index is 2.76. The third-order valence-electron chi connectivity index (χ3n) is 2.60. The second-order valence-corrected chi connectivity index (χ2v) is 4.42. The molecular formula is C14H18O8. The molecule has 122 valence electrons. The highest BCUT2D eigenvalue weighted by Crippen LogP contribution is 2.12. The molecule has 1 rings (SSSR count). The lowest BCUT2D eigenvalue weighted by molar-refractivity contribution is 0.00640. The van der Waals surface area contributed by atoms with E-state index in [1.54, 1.807) is 0 Å². The predicted molar refractivity (Wildman–Crippen MR) is 73.2 cm³/mol. The number of carbonyl (C=O) groups excluding carboxylic acids is 2. The summed E-state index contributed by atoms with van der Waals surface area (Å²) in [5.41, 5.74) is -0.146. The van der Waals surface area contributed by atoms with Crippen LogP contribution in [0.4, 0.5) is 0 Å². The Hall–Kier alpha value is -2.00. The minimum absolute atomic E-state index is 0.0730. The van der Waals surface area contributed by atoms with Crippen molar-refractivity contribution in [1.29, 1.82) is 0 Å². The van der Waals surface area contributed by atoms with Gasteiger partial charge >= 0.3 is 11.9 Å². The normalized spacial score (nSPS) is 13.3. The average Bonchev–Trinajstić information content (AvgIpc) is 2.56. The van der Waals surface area contributed by atoms with Crippen molar-refractivity contribution in [2.24, 2.45) is 0 Å². The van der Waals surface area contributed by atoms with E-state index in [0.717, 1.165) is 0 Å². The summed E-state index contributed by atoms with van der Waals surface area (Å²) in [5.74, 6) is -1.72. The molecule has 0 aliphatic heterocycles. The zero-order valence-corrected chi connectivity index (χ0v) is 11.7. The maximum atomic E-state index is 11.9. The topological polar surface area (TPSA) is 134 Å². The number of ether oxygens (including phenoxy) is 2. The first kappa shape index (κ1) is 18.1. The van der Waals surface area contributed by atoms with Crippen LogP contribution in [0.15, 0.2) is 24.3 Å². The largest absolute Gasteiger partial charge is 0.459 e. The first-order chi connectivity index (χ1) is 10.5. The summed E-state index contributed by atoms with van der Waals surface area (Å²) in [6, 6.07) is 5.70. The Bertz CT molecular complexity index is 456. The van der Waals surface area contributed by atoms with Crippen LogP contribution in [0.3, 0.4) is 0 Å². The van der Waals surface area contributed by atoms with Crippen LogP contribution in [0.1, 0.15) is 20.7 Å². The quantitative estimate of drug-likeness (QED) is 0.435. The van der Waals surface area contributed by atoms with Crippen molar-refractivity contribution < 1.29 is 39.5 Å². The number of esters is 2. The van der Waals surface area contributed by atoms with Crippen molar-refractivity contribution in [3.05, 3.63) is 35.4 Å². The standard InChI is InChI=1S/C14H18O8/c15-5-9(17)7-21-13(19)11-3-1-2-4-12(11)14(20)22-8-10(18)6-16/h1-4,9-10,15-18H,5-8H2. The zero-order chi connectivity index (χ0) is 16.5. The fourth-order valence-electron chi connectivity index (χ4n) is 1.44. The third-order valence-corrected chi connectivity index (χ3v) is 2.60. The Kier molecular flexibility index (Phi) is 7.47. The van der Waals surface area contributed by atoms with Gasteiger partial charge in [0.1, 0.15) is 25.4 Å². The molecule has 8 heteroatoms. The molecule has 0 heterocycles. The van der Waals surface area contributed by atoms with E-state index in [4.69, 9.17) is 29.9 Å². The van der Waals surface area contributed by atoms with E-state index in [1.165, 1.54) is 24.3 Å². The lowest BCUT2D eigenvalue weighted by Gasteiger charge is -2.12. The summed E-state index contributed by atoms with van der Waals surface area (Å²) in [4.78, 5) is 23.7. The molecule has 22 heavy (non-hydrogen) atoms. The molecule has 1 aromatic rings. The Labute approximate surface area is 126 Å². The number of hydrogen-bond acceptors (Lipinski definition) is 8. The number of aliphatic hydroxyl groups excluding tert-OH is 4. The molecule has 0 aliphatic carbocycles. The maximum Gasteiger partial charge on any atom is 0.339 e. The van der Waals surface area contributed by atoms with Gasteiger partial charge in [-0.2, -0.15) is 0 Å². The summed E-state index contributed by atoms with van der Waals surface area (Å²) in [7, 11) is 0. The summed E-state index contributed by atoms with van der Waals surface area (Å²) in [5, 5.41) is 35.6. The molecule has 0 saturated carbocycles. The van der Waals surface area contributed by atoms with Crippen LogP contribution in [0.2, 0.25) is 0 Å². The second-order valence-electron chi connectivity index (χ2n) is 4.42. The average molecular weight is 314 g/mol. The minimum Gasteiger partial charge on any atom is -0.459 e. The molecular weight excluding hydrogens is 296 g/mol. The van der Waals surface area contributed by atoms with Gasteiger partial charge in [-0.05, 0) is 12.1 Å².